The molecule has 0 aliphatic rings. The molecule has 0 radical (unpaired) electrons. The molecule has 7 heteroatoms. The summed E-state index contributed by atoms with van der Waals surface area (Å²) in [6.45, 7) is 5.27. The highest BCUT2D eigenvalue weighted by Gasteiger charge is 2.02. The SMILES string of the molecule is CC(C)CCNC(=O)NCCNS(C)(=O)=O. The van der Waals surface area contributed by atoms with Gasteiger partial charge in [0.05, 0.1) is 6.26 Å². The standard InChI is InChI=1S/C9H21N3O3S/c1-8(2)4-5-10-9(13)11-6-7-12-16(3,14)15/h8,12H,4-7H2,1-3H3,(H2,10,11,13). The van der Waals surface area contributed by atoms with Crippen LogP contribution in [0.2, 0.25) is 0 Å². The van der Waals surface area contributed by atoms with E-state index in [1.54, 1.807) is 0 Å². The molecule has 16 heavy (non-hydrogen) atoms. The van der Waals surface area contributed by atoms with E-state index >= 15 is 0 Å². The van der Waals surface area contributed by atoms with Crippen molar-refractivity contribution in [3.8, 4) is 0 Å². The summed E-state index contributed by atoms with van der Waals surface area (Å²) in [4.78, 5) is 11.1. The predicted molar refractivity (Wildman–Crippen MR) is 63.7 cm³/mol. The minimum atomic E-state index is -3.17. The Morgan fingerprint density at radius 3 is 2.19 bits per heavy atom. The molecule has 0 heterocycles. The van der Waals surface area contributed by atoms with Crippen LogP contribution in [0.25, 0.3) is 0 Å². The van der Waals surface area contributed by atoms with Gasteiger partial charge in [0.2, 0.25) is 10.0 Å². The van der Waals surface area contributed by atoms with Crippen LogP contribution in [0, 0.1) is 5.92 Å². The van der Waals surface area contributed by atoms with E-state index in [-0.39, 0.29) is 19.1 Å². The Morgan fingerprint density at radius 2 is 1.69 bits per heavy atom. The Bertz CT molecular complexity index is 301. The first-order chi connectivity index (χ1) is 7.31. The second-order valence-electron chi connectivity index (χ2n) is 4.03. The van der Waals surface area contributed by atoms with Crippen molar-refractivity contribution in [3.63, 3.8) is 0 Å². The van der Waals surface area contributed by atoms with Gasteiger partial charge >= 0.3 is 6.03 Å². The second-order valence-corrected chi connectivity index (χ2v) is 5.86. The lowest BCUT2D eigenvalue weighted by Crippen LogP contribution is -2.40. The Kier molecular flexibility index (Phi) is 7.07. The first-order valence-electron chi connectivity index (χ1n) is 5.27. The van der Waals surface area contributed by atoms with E-state index in [2.05, 4.69) is 29.2 Å². The molecule has 0 aliphatic heterocycles. The molecule has 0 fully saturated rings. The monoisotopic (exact) mass is 251 g/mol. The van der Waals surface area contributed by atoms with Gasteiger partial charge in [0.15, 0.2) is 0 Å². The first kappa shape index (κ1) is 15.2. The molecule has 0 aromatic heterocycles. The van der Waals surface area contributed by atoms with Gasteiger partial charge in [0.25, 0.3) is 0 Å². The minimum Gasteiger partial charge on any atom is -0.338 e. The zero-order valence-corrected chi connectivity index (χ0v) is 10.9. The van der Waals surface area contributed by atoms with Gasteiger partial charge in [-0.1, -0.05) is 13.8 Å². The summed E-state index contributed by atoms with van der Waals surface area (Å²) in [6.07, 6.45) is 2.00. The van der Waals surface area contributed by atoms with Crippen LogP contribution < -0.4 is 15.4 Å². The van der Waals surface area contributed by atoms with Crippen LogP contribution in [0.1, 0.15) is 20.3 Å². The Hall–Kier alpha value is -0.820. The first-order valence-corrected chi connectivity index (χ1v) is 7.16. The predicted octanol–water partition coefficient (Wildman–Crippen LogP) is -0.119. The summed E-state index contributed by atoms with van der Waals surface area (Å²) in [6, 6.07) is -0.268. The Balaban J connectivity index is 3.45. The van der Waals surface area contributed by atoms with E-state index in [0.29, 0.717) is 12.5 Å². The lowest BCUT2D eigenvalue weighted by Gasteiger charge is -2.08. The van der Waals surface area contributed by atoms with Gasteiger partial charge in [-0.05, 0) is 12.3 Å². The Morgan fingerprint density at radius 1 is 1.12 bits per heavy atom. The fourth-order valence-corrected chi connectivity index (χ4v) is 1.42. The highest BCUT2D eigenvalue weighted by Crippen LogP contribution is 1.95. The van der Waals surface area contributed by atoms with Gasteiger partial charge in [0.1, 0.15) is 0 Å². The van der Waals surface area contributed by atoms with Gasteiger partial charge < -0.3 is 10.6 Å². The number of sulfonamides is 1. The average molecular weight is 251 g/mol. The summed E-state index contributed by atoms with van der Waals surface area (Å²) >= 11 is 0. The van der Waals surface area contributed by atoms with Crippen molar-refractivity contribution >= 4 is 16.1 Å². The van der Waals surface area contributed by atoms with Crippen molar-refractivity contribution in [2.75, 3.05) is 25.9 Å². The Labute approximate surface area is 97.2 Å². The molecule has 0 saturated carbocycles. The minimum absolute atomic E-state index is 0.205. The maximum atomic E-state index is 11.1. The van der Waals surface area contributed by atoms with Crippen LogP contribution in [-0.4, -0.2) is 40.3 Å². The summed E-state index contributed by atoms with van der Waals surface area (Å²) in [7, 11) is -3.17. The van der Waals surface area contributed by atoms with Gasteiger partial charge in [-0.15, -0.1) is 0 Å². The summed E-state index contributed by atoms with van der Waals surface area (Å²) in [5, 5.41) is 5.24. The molecule has 6 nitrogen and oxygen atoms in total. The van der Waals surface area contributed by atoms with Crippen LogP contribution in [0.15, 0.2) is 0 Å². The van der Waals surface area contributed by atoms with Gasteiger partial charge in [-0.3, -0.25) is 0 Å². The van der Waals surface area contributed by atoms with Crippen molar-refractivity contribution < 1.29 is 13.2 Å². The smallest absolute Gasteiger partial charge is 0.314 e. The van der Waals surface area contributed by atoms with E-state index in [4.69, 9.17) is 0 Å². The van der Waals surface area contributed by atoms with Gasteiger partial charge in [-0.2, -0.15) is 0 Å². The largest absolute Gasteiger partial charge is 0.338 e. The molecule has 0 aromatic rings. The van der Waals surface area contributed by atoms with Crippen LogP contribution in [0.3, 0.4) is 0 Å². The van der Waals surface area contributed by atoms with E-state index in [9.17, 15) is 13.2 Å². The lowest BCUT2D eigenvalue weighted by molar-refractivity contribution is 0.240. The second kappa shape index (κ2) is 7.45. The highest BCUT2D eigenvalue weighted by molar-refractivity contribution is 7.88. The molecule has 0 saturated heterocycles. The number of hydrogen-bond donors (Lipinski definition) is 3. The molecule has 0 spiro atoms. The van der Waals surface area contributed by atoms with Crippen LogP contribution in [-0.2, 0) is 10.0 Å². The summed E-state index contributed by atoms with van der Waals surface area (Å²) in [5.74, 6) is 0.548. The number of rotatable bonds is 7. The molecule has 0 unspecified atom stereocenters. The molecule has 2 amide bonds. The van der Waals surface area contributed by atoms with Crippen molar-refractivity contribution in [1.82, 2.24) is 15.4 Å². The van der Waals surface area contributed by atoms with Crippen molar-refractivity contribution in [2.45, 2.75) is 20.3 Å². The van der Waals surface area contributed by atoms with Gasteiger partial charge in [-0.25, -0.2) is 17.9 Å². The highest BCUT2D eigenvalue weighted by atomic mass is 32.2. The van der Waals surface area contributed by atoms with E-state index in [1.807, 2.05) is 0 Å². The third-order valence-corrected chi connectivity index (χ3v) is 2.51. The topological polar surface area (TPSA) is 87.3 Å². The van der Waals surface area contributed by atoms with Crippen LogP contribution >= 0.6 is 0 Å². The normalized spacial score (nSPS) is 11.5. The van der Waals surface area contributed by atoms with Gasteiger partial charge in [0, 0.05) is 19.6 Å². The van der Waals surface area contributed by atoms with E-state index in [0.717, 1.165) is 12.7 Å². The summed E-state index contributed by atoms with van der Waals surface area (Å²) in [5.41, 5.74) is 0. The molecular weight excluding hydrogens is 230 g/mol. The third kappa shape index (κ3) is 11.3. The van der Waals surface area contributed by atoms with Crippen LogP contribution in [0.4, 0.5) is 4.79 Å². The molecule has 96 valence electrons. The molecule has 3 N–H and O–H groups in total. The number of urea groups is 1. The number of carbonyl (C=O) groups excluding carboxylic acids is 1. The number of amides is 2. The van der Waals surface area contributed by atoms with Crippen LogP contribution in [0.5, 0.6) is 0 Å². The average Bonchev–Trinajstić information content (AvgIpc) is 2.10. The zero-order chi connectivity index (χ0) is 12.6. The lowest BCUT2D eigenvalue weighted by atomic mass is 10.1. The summed E-state index contributed by atoms with van der Waals surface area (Å²) < 4.78 is 23.6. The molecule has 0 atom stereocenters. The van der Waals surface area contributed by atoms with E-state index in [1.165, 1.54) is 0 Å². The fourth-order valence-electron chi connectivity index (χ4n) is 0.949. The quantitative estimate of drug-likeness (QED) is 0.551. The molecule has 0 rings (SSSR count). The molecule has 0 bridgehead atoms. The molecular formula is C9H21N3O3S. The zero-order valence-electron chi connectivity index (χ0n) is 10.0. The molecule has 0 aliphatic carbocycles. The molecule has 0 aromatic carbocycles. The number of carbonyl (C=O) groups is 1. The third-order valence-electron chi connectivity index (χ3n) is 1.78. The number of nitrogens with one attached hydrogen (secondary N) is 3. The van der Waals surface area contributed by atoms with Crippen molar-refractivity contribution in [2.24, 2.45) is 5.92 Å². The maximum absolute atomic E-state index is 11.1. The van der Waals surface area contributed by atoms with E-state index < -0.39 is 10.0 Å². The maximum Gasteiger partial charge on any atom is 0.314 e. The van der Waals surface area contributed by atoms with Crippen molar-refractivity contribution in [1.29, 1.82) is 0 Å². The number of hydrogen-bond acceptors (Lipinski definition) is 3. The van der Waals surface area contributed by atoms with Crippen molar-refractivity contribution in [3.05, 3.63) is 0 Å². The fraction of sp³-hybridized carbons (Fsp3) is 0.889.